The Kier molecular flexibility index (Phi) is 7.40. The van der Waals surface area contributed by atoms with Gasteiger partial charge in [0.05, 0.1) is 4.90 Å². The lowest BCUT2D eigenvalue weighted by atomic mass is 9.85. The molecular formula is C23H29F3N2O4S. The minimum absolute atomic E-state index is 0.00180. The van der Waals surface area contributed by atoms with Gasteiger partial charge in [0.25, 0.3) is 0 Å². The van der Waals surface area contributed by atoms with Crippen LogP contribution in [0.2, 0.25) is 0 Å². The Hall–Kier alpha value is -2.17. The van der Waals surface area contributed by atoms with Crippen LogP contribution in [0, 0.1) is 5.41 Å². The van der Waals surface area contributed by atoms with Crippen molar-refractivity contribution >= 4 is 26.8 Å². The zero-order chi connectivity index (χ0) is 24.4. The predicted octanol–water partition coefficient (Wildman–Crippen LogP) is 4.10. The fourth-order valence-electron chi connectivity index (χ4n) is 4.36. The third-order valence-electron chi connectivity index (χ3n) is 5.85. The smallest absolute Gasteiger partial charge is 0.453 e. The first kappa shape index (κ1) is 25.5. The lowest BCUT2D eigenvalue weighted by molar-refractivity contribution is -0.205. The Bertz CT molecular complexity index is 1090. The summed E-state index contributed by atoms with van der Waals surface area (Å²) in [5, 5.41) is 1.20. The van der Waals surface area contributed by atoms with Crippen LogP contribution in [0.25, 0.3) is 10.8 Å². The molecule has 1 N–H and O–H groups in total. The number of benzene rings is 2. The lowest BCUT2D eigenvalue weighted by Crippen LogP contribution is -2.48. The molecular weight excluding hydrogens is 457 g/mol. The maximum atomic E-state index is 13.0. The second-order valence-corrected chi connectivity index (χ2v) is 11.1. The van der Waals surface area contributed by atoms with Crippen molar-refractivity contribution in [2.24, 2.45) is 5.41 Å². The molecule has 0 aromatic heterocycles. The van der Waals surface area contributed by atoms with E-state index in [4.69, 9.17) is 4.74 Å². The highest BCUT2D eigenvalue weighted by Crippen LogP contribution is 2.33. The van der Waals surface area contributed by atoms with Crippen LogP contribution < -0.4 is 4.72 Å². The minimum atomic E-state index is -5.17. The number of nitrogens with one attached hydrogen (secondary N) is 1. The average molecular weight is 487 g/mol. The molecule has 182 valence electrons. The van der Waals surface area contributed by atoms with Crippen molar-refractivity contribution in [3.63, 3.8) is 0 Å². The highest BCUT2D eigenvalue weighted by molar-refractivity contribution is 7.89. The highest BCUT2D eigenvalue weighted by atomic mass is 32.2. The Morgan fingerprint density at radius 3 is 2.48 bits per heavy atom. The second kappa shape index (κ2) is 9.60. The molecule has 1 aliphatic heterocycles. The van der Waals surface area contributed by atoms with Crippen LogP contribution in [-0.2, 0) is 19.6 Å². The van der Waals surface area contributed by atoms with E-state index in [1.165, 1.54) is 6.07 Å². The van der Waals surface area contributed by atoms with Crippen molar-refractivity contribution in [1.29, 1.82) is 0 Å². The van der Waals surface area contributed by atoms with Gasteiger partial charge in [-0.15, -0.1) is 0 Å². The number of alkyl halides is 3. The van der Waals surface area contributed by atoms with Gasteiger partial charge in [-0.3, -0.25) is 4.90 Å². The van der Waals surface area contributed by atoms with E-state index in [0.717, 1.165) is 12.8 Å². The SMILES string of the molecule is CC(C)(C)C1CCCN1C[C@H](CNS(=O)(=O)c1cccc2ccccc12)OC(=O)C(F)(F)F. The second-order valence-electron chi connectivity index (χ2n) is 9.37. The van der Waals surface area contributed by atoms with Crippen LogP contribution in [0.3, 0.4) is 0 Å². The fraction of sp³-hybridized carbons (Fsp3) is 0.522. The normalized spacial score (nSPS) is 19.0. The number of sulfonamides is 1. The molecule has 2 aromatic carbocycles. The largest absolute Gasteiger partial charge is 0.490 e. The quantitative estimate of drug-likeness (QED) is 0.597. The van der Waals surface area contributed by atoms with Crippen LogP contribution in [0.15, 0.2) is 47.4 Å². The molecule has 0 bridgehead atoms. The number of nitrogens with zero attached hydrogens (tertiary/aromatic N) is 1. The van der Waals surface area contributed by atoms with Crippen LogP contribution in [0.5, 0.6) is 0 Å². The molecule has 2 atom stereocenters. The Balaban J connectivity index is 1.81. The summed E-state index contributed by atoms with van der Waals surface area (Å²) in [4.78, 5) is 13.5. The summed E-state index contributed by atoms with van der Waals surface area (Å²) in [6, 6.07) is 11.8. The number of carbonyl (C=O) groups excluding carboxylic acids is 1. The number of rotatable bonds is 7. The van der Waals surface area contributed by atoms with E-state index < -0.39 is 34.8 Å². The minimum Gasteiger partial charge on any atom is -0.453 e. The van der Waals surface area contributed by atoms with E-state index >= 15 is 0 Å². The molecule has 1 saturated heterocycles. The van der Waals surface area contributed by atoms with Gasteiger partial charge in [0.15, 0.2) is 0 Å². The van der Waals surface area contributed by atoms with Crippen molar-refractivity contribution < 1.29 is 31.1 Å². The van der Waals surface area contributed by atoms with Gasteiger partial charge in [-0.05, 0) is 36.3 Å². The van der Waals surface area contributed by atoms with Gasteiger partial charge >= 0.3 is 12.1 Å². The molecule has 2 aromatic rings. The van der Waals surface area contributed by atoms with Crippen molar-refractivity contribution in [1.82, 2.24) is 9.62 Å². The van der Waals surface area contributed by atoms with E-state index in [1.807, 2.05) is 25.7 Å². The Morgan fingerprint density at radius 1 is 1.15 bits per heavy atom. The van der Waals surface area contributed by atoms with Crippen molar-refractivity contribution in [3.05, 3.63) is 42.5 Å². The topological polar surface area (TPSA) is 75.7 Å². The zero-order valence-electron chi connectivity index (χ0n) is 18.9. The monoisotopic (exact) mass is 486 g/mol. The van der Waals surface area contributed by atoms with E-state index in [2.05, 4.69) is 4.72 Å². The third-order valence-corrected chi connectivity index (χ3v) is 7.33. The zero-order valence-corrected chi connectivity index (χ0v) is 19.7. The predicted molar refractivity (Wildman–Crippen MR) is 119 cm³/mol. The molecule has 1 unspecified atom stereocenters. The summed E-state index contributed by atoms with van der Waals surface area (Å²) in [5.74, 6) is -2.33. The van der Waals surface area contributed by atoms with Crippen LogP contribution in [0.1, 0.15) is 33.6 Å². The third kappa shape index (κ3) is 6.24. The molecule has 33 heavy (non-hydrogen) atoms. The Labute approximate surface area is 192 Å². The maximum absolute atomic E-state index is 13.0. The number of halogens is 3. The molecule has 3 rings (SSSR count). The van der Waals surface area contributed by atoms with Crippen molar-refractivity contribution in [2.75, 3.05) is 19.6 Å². The maximum Gasteiger partial charge on any atom is 0.490 e. The first-order chi connectivity index (χ1) is 15.3. The molecule has 1 aliphatic rings. The summed E-state index contributed by atoms with van der Waals surface area (Å²) in [6.07, 6.45) is -4.73. The molecule has 1 fully saturated rings. The summed E-state index contributed by atoms with van der Waals surface area (Å²) >= 11 is 0. The van der Waals surface area contributed by atoms with Crippen molar-refractivity contribution in [2.45, 2.75) is 56.8 Å². The number of ether oxygens (including phenoxy) is 1. The number of hydrogen-bond donors (Lipinski definition) is 1. The summed E-state index contributed by atoms with van der Waals surface area (Å²) in [5.41, 5.74) is -0.127. The average Bonchev–Trinajstić information content (AvgIpc) is 3.19. The van der Waals surface area contributed by atoms with Crippen LogP contribution in [0.4, 0.5) is 13.2 Å². The molecule has 0 amide bonds. The first-order valence-corrected chi connectivity index (χ1v) is 12.3. The van der Waals surface area contributed by atoms with Gasteiger partial charge in [-0.2, -0.15) is 13.2 Å². The van der Waals surface area contributed by atoms with Gasteiger partial charge in [-0.1, -0.05) is 57.2 Å². The van der Waals surface area contributed by atoms with Gasteiger partial charge in [0.1, 0.15) is 6.10 Å². The molecule has 0 radical (unpaired) electrons. The molecule has 6 nitrogen and oxygen atoms in total. The summed E-state index contributed by atoms with van der Waals surface area (Å²) in [7, 11) is -4.07. The Morgan fingerprint density at radius 2 is 1.82 bits per heavy atom. The van der Waals surface area contributed by atoms with Crippen LogP contribution in [-0.4, -0.2) is 57.2 Å². The van der Waals surface area contributed by atoms with Crippen molar-refractivity contribution in [3.8, 4) is 0 Å². The number of hydrogen-bond acceptors (Lipinski definition) is 5. The standard InChI is InChI=1S/C23H29F3N2O4S/c1-22(2,3)20-12-7-13-28(20)15-17(32-21(29)23(24,25)26)14-27-33(30,31)19-11-6-9-16-8-4-5-10-18(16)19/h4-6,8-11,17,20,27H,7,12-15H2,1-3H3/t17-,20?/m0/s1. The molecule has 0 saturated carbocycles. The molecule has 0 spiro atoms. The molecule has 1 heterocycles. The van der Waals surface area contributed by atoms with Crippen LogP contribution >= 0.6 is 0 Å². The van der Waals surface area contributed by atoms with Gasteiger partial charge in [0.2, 0.25) is 10.0 Å². The van der Waals surface area contributed by atoms with E-state index in [9.17, 15) is 26.4 Å². The first-order valence-electron chi connectivity index (χ1n) is 10.8. The fourth-order valence-corrected chi connectivity index (χ4v) is 5.65. The number of likely N-dealkylation sites (tertiary alicyclic amines) is 1. The van der Waals surface area contributed by atoms with E-state index in [-0.39, 0.29) is 22.9 Å². The van der Waals surface area contributed by atoms with E-state index in [0.29, 0.717) is 17.3 Å². The summed E-state index contributed by atoms with van der Waals surface area (Å²) in [6.45, 7) is 6.28. The number of carbonyl (C=O) groups is 1. The molecule has 0 aliphatic carbocycles. The summed E-state index contributed by atoms with van der Waals surface area (Å²) < 4.78 is 71.7. The van der Waals surface area contributed by atoms with Gasteiger partial charge in [-0.25, -0.2) is 17.9 Å². The molecule has 10 heteroatoms. The number of fused-ring (bicyclic) bond motifs is 1. The van der Waals surface area contributed by atoms with Gasteiger partial charge in [0, 0.05) is 24.5 Å². The van der Waals surface area contributed by atoms with E-state index in [1.54, 1.807) is 36.4 Å². The van der Waals surface area contributed by atoms with Gasteiger partial charge < -0.3 is 4.74 Å². The lowest BCUT2D eigenvalue weighted by Gasteiger charge is -2.36. The number of esters is 1. The highest BCUT2D eigenvalue weighted by Gasteiger charge is 2.43.